The van der Waals surface area contributed by atoms with Crippen LogP contribution in [0.4, 0.5) is 34.1 Å². The summed E-state index contributed by atoms with van der Waals surface area (Å²) in [6, 6.07) is 26.2. The molecule has 0 bridgehead atoms. The van der Waals surface area contributed by atoms with E-state index in [9.17, 15) is 4.11 Å². The third kappa shape index (κ3) is 5.74. The molecule has 0 amide bonds. The van der Waals surface area contributed by atoms with Crippen LogP contribution in [0.2, 0.25) is 0 Å². The number of anilines is 6. The SMILES string of the molecule is [2H]C([2H])([2H])c1cc2c3c(c1)N(c1ccc4c(c1C)C(C)(C)CC4(C)C)c1cc4c(cc1B3c1ccc(C(C)(C)C)cc1N2c1cc2c(cc1C)C(C)(C)CCC2(C)C)C(C)(C)CC4(C)C. The maximum Gasteiger partial charge on any atom is 0.252 e. The number of aryl methyl sites for hydroxylation is 2. The van der Waals surface area contributed by atoms with Gasteiger partial charge in [-0.05, 0) is 193 Å². The zero-order valence-corrected chi connectivity index (χ0v) is 41.2. The van der Waals surface area contributed by atoms with Crippen LogP contribution in [0, 0.1) is 20.7 Å². The molecule has 5 aromatic carbocycles. The highest BCUT2D eigenvalue weighted by molar-refractivity contribution is 7.00. The second kappa shape index (κ2) is 12.5. The van der Waals surface area contributed by atoms with Crippen LogP contribution in [0.25, 0.3) is 0 Å². The summed E-state index contributed by atoms with van der Waals surface area (Å²) >= 11 is 0. The molecule has 0 spiro atoms. The lowest BCUT2D eigenvalue weighted by Crippen LogP contribution is -2.61. The molecule has 0 aromatic heterocycles. The van der Waals surface area contributed by atoms with Crippen LogP contribution in [0.5, 0.6) is 0 Å². The van der Waals surface area contributed by atoms with Gasteiger partial charge in [0.1, 0.15) is 0 Å². The molecule has 2 aliphatic heterocycles. The maximum absolute atomic E-state index is 9.17. The van der Waals surface area contributed by atoms with Gasteiger partial charge in [0.25, 0.3) is 6.71 Å². The monoisotopic (exact) mass is 824 g/mol. The largest absolute Gasteiger partial charge is 0.311 e. The summed E-state index contributed by atoms with van der Waals surface area (Å²) in [5.41, 5.74) is 22.9. The molecule has 0 saturated carbocycles. The molecule has 62 heavy (non-hydrogen) atoms. The van der Waals surface area contributed by atoms with Crippen LogP contribution in [0.3, 0.4) is 0 Å². The van der Waals surface area contributed by atoms with Crippen LogP contribution >= 0.6 is 0 Å². The van der Waals surface area contributed by atoms with E-state index in [1.807, 2.05) is 12.1 Å². The van der Waals surface area contributed by atoms with E-state index in [0.29, 0.717) is 5.56 Å². The number of rotatable bonds is 2. The number of nitrogens with zero attached hydrogens (tertiary/aromatic N) is 2. The zero-order chi connectivity index (χ0) is 47.3. The van der Waals surface area contributed by atoms with Crippen LogP contribution < -0.4 is 26.2 Å². The molecule has 0 N–H and O–H groups in total. The maximum atomic E-state index is 9.17. The topological polar surface area (TPSA) is 6.48 Å². The molecule has 2 heterocycles. The minimum atomic E-state index is -2.34. The quantitative estimate of drug-likeness (QED) is 0.160. The van der Waals surface area contributed by atoms with Crippen molar-refractivity contribution >= 4 is 57.2 Å². The summed E-state index contributed by atoms with van der Waals surface area (Å²) in [7, 11) is 0. The highest BCUT2D eigenvalue weighted by Gasteiger charge is 2.50. The van der Waals surface area contributed by atoms with Crippen molar-refractivity contribution in [1.29, 1.82) is 0 Å². The average molecular weight is 824 g/mol. The van der Waals surface area contributed by atoms with Gasteiger partial charge in [0.2, 0.25) is 0 Å². The van der Waals surface area contributed by atoms with E-state index in [-0.39, 0.29) is 44.6 Å². The number of hydrogen-bond acceptors (Lipinski definition) is 2. The molecule has 0 radical (unpaired) electrons. The highest BCUT2D eigenvalue weighted by atomic mass is 15.2. The Morgan fingerprint density at radius 3 is 1.63 bits per heavy atom. The summed E-state index contributed by atoms with van der Waals surface area (Å²) in [5, 5.41) is 0. The normalized spacial score (nSPS) is 22.1. The fourth-order valence-electron chi connectivity index (χ4n) is 14.1. The fraction of sp³-hybridized carbons (Fsp3) is 0.492. The second-order valence-corrected chi connectivity index (χ2v) is 25.5. The molecule has 322 valence electrons. The lowest BCUT2D eigenvalue weighted by atomic mass is 9.33. The van der Waals surface area contributed by atoms with E-state index < -0.39 is 6.85 Å². The van der Waals surface area contributed by atoms with Gasteiger partial charge in [0.05, 0.1) is 0 Å². The van der Waals surface area contributed by atoms with Gasteiger partial charge in [-0.25, -0.2) is 0 Å². The third-order valence-corrected chi connectivity index (χ3v) is 16.8. The lowest BCUT2D eigenvalue weighted by molar-refractivity contribution is 0.332. The first-order chi connectivity index (χ1) is 29.8. The molecule has 0 unspecified atom stereocenters. The minimum absolute atomic E-state index is 0.00748. The molecule has 3 aliphatic carbocycles. The molecular weight excluding hydrogens is 747 g/mol. The molecular formula is C59H73BN2. The molecule has 0 saturated heterocycles. The molecule has 2 nitrogen and oxygen atoms in total. The average Bonchev–Trinajstić information content (AvgIpc) is 3.49. The Morgan fingerprint density at radius 1 is 0.500 bits per heavy atom. The van der Waals surface area contributed by atoms with E-state index in [2.05, 4.69) is 182 Å². The molecule has 0 atom stereocenters. The van der Waals surface area contributed by atoms with Gasteiger partial charge >= 0.3 is 0 Å². The minimum Gasteiger partial charge on any atom is -0.311 e. The van der Waals surface area contributed by atoms with Crippen molar-refractivity contribution in [3.63, 3.8) is 0 Å². The fourth-order valence-corrected chi connectivity index (χ4v) is 14.1. The number of benzene rings is 5. The van der Waals surface area contributed by atoms with Gasteiger partial charge in [0.15, 0.2) is 0 Å². The molecule has 3 heteroatoms. The van der Waals surface area contributed by atoms with Crippen molar-refractivity contribution in [2.45, 2.75) is 188 Å². The Labute approximate surface area is 380 Å². The van der Waals surface area contributed by atoms with Gasteiger partial charge in [0, 0.05) is 38.2 Å². The van der Waals surface area contributed by atoms with Gasteiger partial charge in [-0.1, -0.05) is 134 Å². The Morgan fingerprint density at radius 2 is 1.02 bits per heavy atom. The van der Waals surface area contributed by atoms with Crippen molar-refractivity contribution in [2.75, 3.05) is 9.80 Å². The van der Waals surface area contributed by atoms with Crippen molar-refractivity contribution < 1.29 is 4.11 Å². The molecule has 10 rings (SSSR count). The van der Waals surface area contributed by atoms with E-state index in [4.69, 9.17) is 0 Å². The molecule has 5 aliphatic rings. The summed E-state index contributed by atoms with van der Waals surface area (Å²) < 4.78 is 27.5. The van der Waals surface area contributed by atoms with Crippen LogP contribution in [0.1, 0.15) is 189 Å². The third-order valence-electron chi connectivity index (χ3n) is 16.8. The Kier molecular flexibility index (Phi) is 7.72. The van der Waals surface area contributed by atoms with Gasteiger partial charge < -0.3 is 9.80 Å². The standard InChI is InChI=1S/C59H73BN2/c1-34-25-49-52-50(26-34)62(46-30-41-39(27-35(46)2)54(7,8)23-24-55(41,9)10)47-28-37(53(4,5)6)19-21-43(47)60(52)44-29-40-42(58(15,16)32-57(40,13)14)31-48(44)61(49)45-22-20-38-51(36(45)3)59(17,18)33-56(38,11)12/h19-22,25-31H,23-24,32-33H2,1-18H3/i1D3. The van der Waals surface area contributed by atoms with Gasteiger partial charge in [-0.3, -0.25) is 0 Å². The van der Waals surface area contributed by atoms with E-state index in [0.717, 1.165) is 54.1 Å². The van der Waals surface area contributed by atoms with Gasteiger partial charge in [-0.15, -0.1) is 0 Å². The summed E-state index contributed by atoms with van der Waals surface area (Å²) in [5.74, 6) is 0. The first-order valence-corrected chi connectivity index (χ1v) is 23.7. The van der Waals surface area contributed by atoms with E-state index >= 15 is 0 Å². The first-order valence-electron chi connectivity index (χ1n) is 25.2. The summed E-state index contributed by atoms with van der Waals surface area (Å²) in [6.07, 6.45) is 4.40. The second-order valence-electron chi connectivity index (χ2n) is 25.5. The van der Waals surface area contributed by atoms with Crippen molar-refractivity contribution in [1.82, 2.24) is 0 Å². The van der Waals surface area contributed by atoms with Crippen LogP contribution in [-0.2, 0) is 37.9 Å². The first kappa shape index (κ1) is 38.2. The summed E-state index contributed by atoms with van der Waals surface area (Å²) in [4.78, 5) is 5.00. The van der Waals surface area contributed by atoms with E-state index in [1.54, 1.807) is 0 Å². The smallest absolute Gasteiger partial charge is 0.252 e. The molecule has 5 aromatic rings. The Bertz CT molecular complexity index is 2900. The van der Waals surface area contributed by atoms with Crippen LogP contribution in [0.15, 0.2) is 66.7 Å². The summed E-state index contributed by atoms with van der Waals surface area (Å²) in [6.45, 7) is 38.0. The number of fused-ring (bicyclic) bond motifs is 7. The predicted octanol–water partition coefficient (Wildman–Crippen LogP) is 14.3. The Balaban J connectivity index is 1.37. The zero-order valence-electron chi connectivity index (χ0n) is 44.2. The van der Waals surface area contributed by atoms with Crippen molar-refractivity contribution in [2.24, 2.45) is 0 Å². The predicted molar refractivity (Wildman–Crippen MR) is 270 cm³/mol. The van der Waals surface area contributed by atoms with Crippen molar-refractivity contribution in [3.05, 3.63) is 122 Å². The number of hydrogen-bond donors (Lipinski definition) is 0. The van der Waals surface area contributed by atoms with E-state index in [1.165, 1.54) is 72.1 Å². The molecule has 0 fully saturated rings. The Hall–Kier alpha value is -4.24. The van der Waals surface area contributed by atoms with Gasteiger partial charge in [-0.2, -0.15) is 0 Å². The van der Waals surface area contributed by atoms with Crippen molar-refractivity contribution in [3.8, 4) is 0 Å². The van der Waals surface area contributed by atoms with Crippen LogP contribution in [-0.4, -0.2) is 6.71 Å². The highest BCUT2D eigenvalue weighted by Crippen LogP contribution is 2.57. The lowest BCUT2D eigenvalue weighted by Gasteiger charge is -2.47.